The van der Waals surface area contributed by atoms with E-state index in [-0.39, 0.29) is 11.6 Å². The van der Waals surface area contributed by atoms with E-state index in [1.165, 1.54) is 12.3 Å². The SMILES string of the molecule is Cc1noc(CCCNC(=O)c2ccon2)n1. The van der Waals surface area contributed by atoms with Crippen LogP contribution in [0.3, 0.4) is 0 Å². The Morgan fingerprint density at radius 3 is 3.00 bits per heavy atom. The summed E-state index contributed by atoms with van der Waals surface area (Å²) in [4.78, 5) is 15.5. The third kappa shape index (κ3) is 3.13. The number of nitrogens with zero attached hydrogens (tertiary/aromatic N) is 3. The molecule has 90 valence electrons. The Bertz CT molecular complexity index is 477. The van der Waals surface area contributed by atoms with Crippen molar-refractivity contribution in [3.63, 3.8) is 0 Å². The van der Waals surface area contributed by atoms with E-state index in [0.717, 1.165) is 6.42 Å². The predicted molar refractivity (Wildman–Crippen MR) is 56.2 cm³/mol. The Hall–Kier alpha value is -2.18. The summed E-state index contributed by atoms with van der Waals surface area (Å²) in [6.45, 7) is 2.28. The van der Waals surface area contributed by atoms with E-state index in [2.05, 4.69) is 25.1 Å². The monoisotopic (exact) mass is 236 g/mol. The molecule has 7 nitrogen and oxygen atoms in total. The second-order valence-electron chi connectivity index (χ2n) is 3.48. The van der Waals surface area contributed by atoms with E-state index in [9.17, 15) is 4.79 Å². The molecule has 0 aromatic carbocycles. The van der Waals surface area contributed by atoms with Crippen LogP contribution in [0.4, 0.5) is 0 Å². The van der Waals surface area contributed by atoms with E-state index >= 15 is 0 Å². The maximum Gasteiger partial charge on any atom is 0.273 e. The average Bonchev–Trinajstić information content (AvgIpc) is 2.95. The summed E-state index contributed by atoms with van der Waals surface area (Å²) < 4.78 is 9.51. The molecule has 0 saturated heterocycles. The van der Waals surface area contributed by atoms with E-state index < -0.39 is 0 Å². The fourth-order valence-electron chi connectivity index (χ4n) is 1.30. The lowest BCUT2D eigenvalue weighted by Crippen LogP contribution is -2.25. The number of rotatable bonds is 5. The van der Waals surface area contributed by atoms with Crippen LogP contribution in [0.2, 0.25) is 0 Å². The molecule has 2 aromatic rings. The zero-order valence-corrected chi connectivity index (χ0v) is 9.34. The molecule has 0 aliphatic carbocycles. The minimum absolute atomic E-state index is 0.250. The number of amides is 1. The van der Waals surface area contributed by atoms with Gasteiger partial charge in [-0.3, -0.25) is 4.79 Å². The first-order valence-electron chi connectivity index (χ1n) is 5.23. The highest BCUT2D eigenvalue weighted by molar-refractivity contribution is 5.91. The summed E-state index contributed by atoms with van der Waals surface area (Å²) in [6.07, 6.45) is 2.72. The Balaban J connectivity index is 1.68. The van der Waals surface area contributed by atoms with Crippen molar-refractivity contribution in [1.29, 1.82) is 0 Å². The summed E-state index contributed by atoms with van der Waals surface area (Å²) in [5, 5.41) is 9.91. The first-order valence-corrected chi connectivity index (χ1v) is 5.23. The largest absolute Gasteiger partial charge is 0.364 e. The molecule has 1 amide bonds. The highest BCUT2D eigenvalue weighted by Crippen LogP contribution is 1.99. The van der Waals surface area contributed by atoms with Gasteiger partial charge in [0, 0.05) is 19.0 Å². The molecule has 17 heavy (non-hydrogen) atoms. The first-order chi connectivity index (χ1) is 8.25. The average molecular weight is 236 g/mol. The Kier molecular flexibility index (Phi) is 3.49. The van der Waals surface area contributed by atoms with Crippen LogP contribution < -0.4 is 5.32 Å². The van der Waals surface area contributed by atoms with Crippen LogP contribution in [0.1, 0.15) is 28.6 Å². The molecule has 0 atom stereocenters. The standard InChI is InChI=1S/C10H12N4O3/c1-7-12-9(17-13-7)3-2-5-11-10(15)8-4-6-16-14-8/h4,6H,2-3,5H2,1H3,(H,11,15). The fourth-order valence-corrected chi connectivity index (χ4v) is 1.30. The number of nitrogens with one attached hydrogen (secondary N) is 1. The van der Waals surface area contributed by atoms with Crippen molar-refractivity contribution < 1.29 is 13.8 Å². The van der Waals surface area contributed by atoms with E-state index in [0.29, 0.717) is 24.7 Å². The third-order valence-electron chi connectivity index (χ3n) is 2.09. The summed E-state index contributed by atoms with van der Waals surface area (Å²) in [5.74, 6) is 0.949. The maximum atomic E-state index is 11.4. The van der Waals surface area contributed by atoms with Gasteiger partial charge >= 0.3 is 0 Å². The van der Waals surface area contributed by atoms with Gasteiger partial charge in [-0.15, -0.1) is 0 Å². The van der Waals surface area contributed by atoms with Crippen molar-refractivity contribution >= 4 is 5.91 Å². The van der Waals surface area contributed by atoms with Crippen LogP contribution in [0.5, 0.6) is 0 Å². The van der Waals surface area contributed by atoms with E-state index in [4.69, 9.17) is 4.52 Å². The number of carbonyl (C=O) groups excluding carboxylic acids is 1. The molecule has 2 rings (SSSR count). The second-order valence-corrected chi connectivity index (χ2v) is 3.48. The summed E-state index contributed by atoms with van der Waals surface area (Å²) in [5.41, 5.74) is 0.277. The topological polar surface area (TPSA) is 94.1 Å². The summed E-state index contributed by atoms with van der Waals surface area (Å²) in [7, 11) is 0. The van der Waals surface area contributed by atoms with Gasteiger partial charge in [-0.1, -0.05) is 10.3 Å². The Labute approximate surface area is 97.2 Å². The number of carbonyl (C=O) groups is 1. The van der Waals surface area contributed by atoms with Gasteiger partial charge in [0.1, 0.15) is 6.26 Å². The van der Waals surface area contributed by atoms with Crippen molar-refractivity contribution in [3.05, 3.63) is 29.7 Å². The van der Waals surface area contributed by atoms with Crippen LogP contribution in [-0.4, -0.2) is 27.7 Å². The van der Waals surface area contributed by atoms with Gasteiger partial charge in [0.2, 0.25) is 5.89 Å². The second kappa shape index (κ2) is 5.24. The van der Waals surface area contributed by atoms with Gasteiger partial charge in [0.05, 0.1) is 0 Å². The lowest BCUT2D eigenvalue weighted by atomic mass is 10.3. The number of hydrogen-bond donors (Lipinski definition) is 1. The zero-order chi connectivity index (χ0) is 12.1. The Morgan fingerprint density at radius 2 is 2.35 bits per heavy atom. The van der Waals surface area contributed by atoms with Gasteiger partial charge in [-0.2, -0.15) is 4.98 Å². The van der Waals surface area contributed by atoms with Gasteiger partial charge in [-0.25, -0.2) is 0 Å². The predicted octanol–water partition coefficient (Wildman–Crippen LogP) is 0.729. The molecule has 7 heteroatoms. The molecule has 0 aliphatic rings. The maximum absolute atomic E-state index is 11.4. The normalized spacial score (nSPS) is 10.4. The number of aryl methyl sites for hydroxylation is 2. The summed E-state index contributed by atoms with van der Waals surface area (Å²) >= 11 is 0. The van der Waals surface area contributed by atoms with Gasteiger partial charge in [0.15, 0.2) is 11.5 Å². The molecule has 0 fully saturated rings. The zero-order valence-electron chi connectivity index (χ0n) is 9.34. The fraction of sp³-hybridized carbons (Fsp3) is 0.400. The van der Waals surface area contributed by atoms with Gasteiger partial charge in [0.25, 0.3) is 5.91 Å². The minimum atomic E-state index is -0.250. The molecule has 0 unspecified atom stereocenters. The van der Waals surface area contributed by atoms with Crippen molar-refractivity contribution in [3.8, 4) is 0 Å². The first kappa shape index (κ1) is 11.3. The smallest absolute Gasteiger partial charge is 0.273 e. The quantitative estimate of drug-likeness (QED) is 0.769. The van der Waals surface area contributed by atoms with Crippen LogP contribution >= 0.6 is 0 Å². The molecule has 0 saturated carbocycles. The molecular formula is C10H12N4O3. The molecule has 1 N–H and O–H groups in total. The number of hydrogen-bond acceptors (Lipinski definition) is 6. The number of aromatic nitrogens is 3. The van der Waals surface area contributed by atoms with Gasteiger partial charge < -0.3 is 14.4 Å². The molecule has 0 spiro atoms. The van der Waals surface area contributed by atoms with Crippen LogP contribution in [0, 0.1) is 6.92 Å². The van der Waals surface area contributed by atoms with Crippen molar-refractivity contribution in [2.75, 3.05) is 6.54 Å². The third-order valence-corrected chi connectivity index (χ3v) is 2.09. The minimum Gasteiger partial charge on any atom is -0.364 e. The van der Waals surface area contributed by atoms with Crippen molar-refractivity contribution in [1.82, 2.24) is 20.6 Å². The lowest BCUT2D eigenvalue weighted by molar-refractivity contribution is 0.0944. The highest BCUT2D eigenvalue weighted by Gasteiger charge is 2.08. The summed E-state index contributed by atoms with van der Waals surface area (Å²) in [6, 6.07) is 1.51. The molecule has 2 aromatic heterocycles. The van der Waals surface area contributed by atoms with E-state index in [1.807, 2.05) is 0 Å². The van der Waals surface area contributed by atoms with Crippen molar-refractivity contribution in [2.24, 2.45) is 0 Å². The van der Waals surface area contributed by atoms with Crippen molar-refractivity contribution in [2.45, 2.75) is 19.8 Å². The van der Waals surface area contributed by atoms with Gasteiger partial charge in [-0.05, 0) is 13.3 Å². The van der Waals surface area contributed by atoms with Crippen LogP contribution in [-0.2, 0) is 6.42 Å². The van der Waals surface area contributed by atoms with Crippen LogP contribution in [0.15, 0.2) is 21.4 Å². The molecular weight excluding hydrogens is 224 g/mol. The molecule has 0 aliphatic heterocycles. The lowest BCUT2D eigenvalue weighted by Gasteiger charge is -2.00. The molecule has 2 heterocycles. The Morgan fingerprint density at radius 1 is 1.47 bits per heavy atom. The van der Waals surface area contributed by atoms with Crippen LogP contribution in [0.25, 0.3) is 0 Å². The molecule has 0 radical (unpaired) electrons. The van der Waals surface area contributed by atoms with E-state index in [1.54, 1.807) is 6.92 Å². The molecule has 0 bridgehead atoms. The highest BCUT2D eigenvalue weighted by atomic mass is 16.5.